The first-order chi connectivity index (χ1) is 18.5. The number of pyridine rings is 2. The van der Waals surface area contributed by atoms with Crippen molar-refractivity contribution in [1.29, 1.82) is 0 Å². The van der Waals surface area contributed by atoms with Gasteiger partial charge in [0.15, 0.2) is 0 Å². The van der Waals surface area contributed by atoms with Crippen LogP contribution in [0.2, 0.25) is 0 Å². The Balaban J connectivity index is 1.41. The Morgan fingerprint density at radius 2 is 1.71 bits per heavy atom. The topological polar surface area (TPSA) is 82.7 Å². The zero-order valence-corrected chi connectivity index (χ0v) is 21.4. The SMILES string of the molecule is Cc1cc2[nH]nc(-c3cc4c(-c5ccccc5F)cncc4[nH]3)c2cc1-c1cncc(OCCN(C)C)c1. The number of fused-ring (bicyclic) bond motifs is 2. The zero-order chi connectivity index (χ0) is 26.2. The van der Waals surface area contributed by atoms with Gasteiger partial charge in [-0.25, -0.2) is 4.39 Å². The third kappa shape index (κ3) is 4.39. The van der Waals surface area contributed by atoms with Crippen LogP contribution < -0.4 is 4.74 Å². The van der Waals surface area contributed by atoms with E-state index in [2.05, 4.69) is 49.1 Å². The molecule has 0 saturated carbocycles. The van der Waals surface area contributed by atoms with Crippen LogP contribution in [0.25, 0.3) is 55.4 Å². The van der Waals surface area contributed by atoms with Crippen LogP contribution in [0.15, 0.2) is 73.3 Å². The number of ether oxygens (including phenoxy) is 1. The summed E-state index contributed by atoms with van der Waals surface area (Å²) < 4.78 is 20.5. The van der Waals surface area contributed by atoms with E-state index in [1.165, 1.54) is 6.07 Å². The van der Waals surface area contributed by atoms with E-state index in [1.807, 2.05) is 38.5 Å². The van der Waals surface area contributed by atoms with E-state index in [0.29, 0.717) is 12.2 Å². The lowest BCUT2D eigenvalue weighted by molar-refractivity contribution is 0.261. The Kier molecular flexibility index (Phi) is 6.09. The van der Waals surface area contributed by atoms with Gasteiger partial charge >= 0.3 is 0 Å². The fourth-order valence-corrected chi connectivity index (χ4v) is 4.75. The van der Waals surface area contributed by atoms with Crippen LogP contribution in [0.5, 0.6) is 5.75 Å². The lowest BCUT2D eigenvalue weighted by Gasteiger charge is -2.12. The first-order valence-corrected chi connectivity index (χ1v) is 12.4. The molecule has 0 unspecified atom stereocenters. The molecule has 8 heteroatoms. The Bertz CT molecular complexity index is 1770. The van der Waals surface area contributed by atoms with Crippen molar-refractivity contribution >= 4 is 21.8 Å². The smallest absolute Gasteiger partial charge is 0.138 e. The lowest BCUT2D eigenvalue weighted by atomic mass is 9.98. The molecular weight excluding hydrogens is 479 g/mol. The van der Waals surface area contributed by atoms with Crippen LogP contribution in [0.1, 0.15) is 5.56 Å². The van der Waals surface area contributed by atoms with Gasteiger partial charge in [0.25, 0.3) is 0 Å². The van der Waals surface area contributed by atoms with E-state index in [-0.39, 0.29) is 5.82 Å². The molecule has 0 fully saturated rings. The standard InChI is InChI=1S/C30H27FN6O/c1-18-10-27-24(12-22(18)19-11-20(15-32-14-19)38-9-8-37(2)3)30(36-35-27)28-13-23-25(16-33-17-29(23)34-28)21-6-4-5-7-26(21)31/h4-7,10-17,34H,8-9H2,1-3H3,(H,35,36). The summed E-state index contributed by atoms with van der Waals surface area (Å²) in [6.07, 6.45) is 7.04. The summed E-state index contributed by atoms with van der Waals surface area (Å²) in [5, 5.41) is 9.65. The summed E-state index contributed by atoms with van der Waals surface area (Å²) in [7, 11) is 4.03. The third-order valence-electron chi connectivity index (χ3n) is 6.70. The highest BCUT2D eigenvalue weighted by molar-refractivity contribution is 6.01. The van der Waals surface area contributed by atoms with Crippen LogP contribution in [0.3, 0.4) is 0 Å². The number of hydrogen-bond donors (Lipinski definition) is 2. The molecule has 0 aliphatic carbocycles. The molecule has 0 aliphatic rings. The minimum atomic E-state index is -0.281. The molecule has 190 valence electrons. The molecule has 0 spiro atoms. The molecule has 6 rings (SSSR count). The van der Waals surface area contributed by atoms with Gasteiger partial charge in [-0.15, -0.1) is 0 Å². The lowest BCUT2D eigenvalue weighted by Crippen LogP contribution is -2.19. The van der Waals surface area contributed by atoms with Gasteiger partial charge in [0.05, 0.1) is 29.1 Å². The molecule has 0 radical (unpaired) electrons. The predicted molar refractivity (Wildman–Crippen MR) is 149 cm³/mol. The largest absolute Gasteiger partial charge is 0.491 e. The van der Waals surface area contributed by atoms with Gasteiger partial charge < -0.3 is 14.6 Å². The second-order valence-corrected chi connectivity index (χ2v) is 9.66. The van der Waals surface area contributed by atoms with Crippen molar-refractivity contribution in [3.05, 3.63) is 84.7 Å². The van der Waals surface area contributed by atoms with Gasteiger partial charge in [0, 0.05) is 46.4 Å². The van der Waals surface area contributed by atoms with Crippen molar-refractivity contribution in [1.82, 2.24) is 30.0 Å². The summed E-state index contributed by atoms with van der Waals surface area (Å²) in [5.74, 6) is 0.455. The molecule has 4 aromatic heterocycles. The first-order valence-electron chi connectivity index (χ1n) is 12.4. The minimum Gasteiger partial charge on any atom is -0.491 e. The number of hydrogen-bond acceptors (Lipinski definition) is 5. The molecule has 6 aromatic rings. The number of nitrogens with one attached hydrogen (secondary N) is 2. The maximum atomic E-state index is 14.6. The van der Waals surface area contributed by atoms with Gasteiger partial charge in [-0.1, -0.05) is 18.2 Å². The molecule has 0 bridgehead atoms. The number of likely N-dealkylation sites (N-methyl/N-ethyl adjacent to an activating group) is 1. The minimum absolute atomic E-state index is 0.281. The van der Waals surface area contributed by atoms with E-state index in [9.17, 15) is 4.39 Å². The molecule has 4 heterocycles. The number of H-pyrrole nitrogens is 2. The molecule has 38 heavy (non-hydrogen) atoms. The number of aromatic amines is 2. The Morgan fingerprint density at radius 3 is 2.55 bits per heavy atom. The molecular formula is C30H27FN6O. The average molecular weight is 507 g/mol. The van der Waals surface area contributed by atoms with Gasteiger partial charge in [0.2, 0.25) is 0 Å². The van der Waals surface area contributed by atoms with Crippen LogP contribution >= 0.6 is 0 Å². The number of rotatable bonds is 7. The fraction of sp³-hybridized carbons (Fsp3) is 0.167. The average Bonchev–Trinajstić information content (AvgIpc) is 3.52. The number of benzene rings is 2. The van der Waals surface area contributed by atoms with Crippen LogP contribution in [0, 0.1) is 12.7 Å². The number of aromatic nitrogens is 5. The fourth-order valence-electron chi connectivity index (χ4n) is 4.75. The van der Waals surface area contributed by atoms with Crippen molar-refractivity contribution in [3.63, 3.8) is 0 Å². The van der Waals surface area contributed by atoms with Crippen molar-refractivity contribution in [2.24, 2.45) is 0 Å². The summed E-state index contributed by atoms with van der Waals surface area (Å²) in [6.45, 7) is 3.49. The maximum absolute atomic E-state index is 14.6. The van der Waals surface area contributed by atoms with Crippen LogP contribution in [-0.4, -0.2) is 57.3 Å². The zero-order valence-electron chi connectivity index (χ0n) is 21.4. The van der Waals surface area contributed by atoms with E-state index >= 15 is 0 Å². The summed E-state index contributed by atoms with van der Waals surface area (Å²) in [5.41, 5.74) is 7.72. The molecule has 0 aliphatic heterocycles. The summed E-state index contributed by atoms with van der Waals surface area (Å²) in [6, 6.07) is 15.0. The predicted octanol–water partition coefficient (Wildman–Crippen LogP) is 6.22. The van der Waals surface area contributed by atoms with E-state index < -0.39 is 0 Å². The van der Waals surface area contributed by atoms with Crippen LogP contribution in [0.4, 0.5) is 4.39 Å². The van der Waals surface area contributed by atoms with Crippen molar-refractivity contribution in [3.8, 4) is 39.4 Å². The third-order valence-corrected chi connectivity index (χ3v) is 6.70. The normalized spacial score (nSPS) is 11.6. The van der Waals surface area contributed by atoms with Gasteiger partial charge in [-0.2, -0.15) is 5.10 Å². The van der Waals surface area contributed by atoms with E-state index in [0.717, 1.165) is 67.7 Å². The molecule has 7 nitrogen and oxygen atoms in total. The number of halogens is 1. The van der Waals surface area contributed by atoms with Crippen molar-refractivity contribution < 1.29 is 9.13 Å². The van der Waals surface area contributed by atoms with Crippen molar-refractivity contribution in [2.45, 2.75) is 6.92 Å². The second-order valence-electron chi connectivity index (χ2n) is 9.66. The Labute approximate surface area is 219 Å². The van der Waals surface area contributed by atoms with Gasteiger partial charge in [0.1, 0.15) is 23.9 Å². The first kappa shape index (κ1) is 23.8. The van der Waals surface area contributed by atoms with E-state index in [1.54, 1.807) is 30.7 Å². The van der Waals surface area contributed by atoms with Crippen LogP contribution in [-0.2, 0) is 0 Å². The summed E-state index contributed by atoms with van der Waals surface area (Å²) >= 11 is 0. The molecule has 0 atom stereocenters. The highest BCUT2D eigenvalue weighted by Gasteiger charge is 2.17. The maximum Gasteiger partial charge on any atom is 0.138 e. The highest BCUT2D eigenvalue weighted by Crippen LogP contribution is 2.36. The summed E-state index contributed by atoms with van der Waals surface area (Å²) in [4.78, 5) is 14.3. The van der Waals surface area contributed by atoms with Gasteiger partial charge in [-0.05, 0) is 62.5 Å². The number of nitrogens with zero attached hydrogens (tertiary/aromatic N) is 4. The monoisotopic (exact) mass is 506 g/mol. The van der Waals surface area contributed by atoms with E-state index in [4.69, 9.17) is 4.74 Å². The molecule has 2 aromatic carbocycles. The quantitative estimate of drug-likeness (QED) is 0.268. The van der Waals surface area contributed by atoms with Gasteiger partial charge in [-0.3, -0.25) is 15.1 Å². The molecule has 2 N–H and O–H groups in total. The number of aryl methyl sites for hydroxylation is 1. The second kappa shape index (κ2) is 9.72. The Morgan fingerprint density at radius 1 is 0.868 bits per heavy atom. The highest BCUT2D eigenvalue weighted by atomic mass is 19.1. The van der Waals surface area contributed by atoms with Crippen molar-refractivity contribution in [2.75, 3.05) is 27.2 Å². The molecule has 0 amide bonds. The molecule has 0 saturated heterocycles. The Hall–Kier alpha value is -4.56.